The number of hydrogen-bond donors (Lipinski definition) is 0. The van der Waals surface area contributed by atoms with E-state index in [1.807, 2.05) is 0 Å². The van der Waals surface area contributed by atoms with Crippen LogP contribution in [0.4, 0.5) is 17.1 Å². The van der Waals surface area contributed by atoms with Gasteiger partial charge in [-0.25, -0.2) is 0 Å². The van der Waals surface area contributed by atoms with Crippen LogP contribution in [0.2, 0.25) is 0 Å². The van der Waals surface area contributed by atoms with Crippen LogP contribution in [0.5, 0.6) is 0 Å². The standard InChI is InChI=1S/C54H37N/c1-2-14-41(15-3-1)52-33-30-49(48-27-25-39-13-5-7-18-44(39)36-48)37-54(52)55(53-23-11-19-42-16-8-9-22-51(42)53)50-31-28-40(29-32-50)45-20-10-21-46(34-45)47-26-24-38-12-4-6-17-43(38)35-47/h1-37H. The maximum atomic E-state index is 2.45. The number of anilines is 3. The summed E-state index contributed by atoms with van der Waals surface area (Å²) in [4.78, 5) is 2.45. The summed E-state index contributed by atoms with van der Waals surface area (Å²) in [5.41, 5.74) is 12.9. The van der Waals surface area contributed by atoms with Crippen molar-refractivity contribution in [1.82, 2.24) is 0 Å². The molecular formula is C54H37N. The zero-order valence-electron chi connectivity index (χ0n) is 30.3. The van der Waals surface area contributed by atoms with Gasteiger partial charge in [0.1, 0.15) is 0 Å². The van der Waals surface area contributed by atoms with Crippen molar-refractivity contribution in [2.75, 3.05) is 4.90 Å². The van der Waals surface area contributed by atoms with E-state index in [9.17, 15) is 0 Å². The fourth-order valence-corrected chi connectivity index (χ4v) is 7.99. The van der Waals surface area contributed by atoms with E-state index in [1.54, 1.807) is 0 Å². The molecule has 0 aliphatic heterocycles. The van der Waals surface area contributed by atoms with Gasteiger partial charge in [-0.2, -0.15) is 0 Å². The molecular weight excluding hydrogens is 663 g/mol. The molecule has 0 aromatic heterocycles. The second-order valence-corrected chi connectivity index (χ2v) is 14.2. The van der Waals surface area contributed by atoms with Gasteiger partial charge in [-0.3, -0.25) is 0 Å². The first-order valence-corrected chi connectivity index (χ1v) is 18.9. The van der Waals surface area contributed by atoms with E-state index in [1.165, 1.54) is 76.8 Å². The van der Waals surface area contributed by atoms with Gasteiger partial charge in [0.2, 0.25) is 0 Å². The first-order chi connectivity index (χ1) is 27.2. The minimum Gasteiger partial charge on any atom is -0.309 e. The van der Waals surface area contributed by atoms with Crippen LogP contribution >= 0.6 is 0 Å². The summed E-state index contributed by atoms with van der Waals surface area (Å²) in [7, 11) is 0. The predicted molar refractivity (Wildman–Crippen MR) is 235 cm³/mol. The Balaban J connectivity index is 1.13. The maximum absolute atomic E-state index is 2.45. The molecule has 10 rings (SSSR count). The summed E-state index contributed by atoms with van der Waals surface area (Å²) < 4.78 is 0. The van der Waals surface area contributed by atoms with Gasteiger partial charge in [-0.15, -0.1) is 0 Å². The lowest BCUT2D eigenvalue weighted by atomic mass is 9.95. The van der Waals surface area contributed by atoms with Crippen molar-refractivity contribution in [2.45, 2.75) is 0 Å². The molecule has 55 heavy (non-hydrogen) atoms. The molecule has 10 aromatic carbocycles. The maximum Gasteiger partial charge on any atom is 0.0546 e. The first-order valence-electron chi connectivity index (χ1n) is 18.9. The monoisotopic (exact) mass is 699 g/mol. The smallest absolute Gasteiger partial charge is 0.0546 e. The molecule has 0 saturated heterocycles. The highest BCUT2D eigenvalue weighted by atomic mass is 15.1. The lowest BCUT2D eigenvalue weighted by molar-refractivity contribution is 1.30. The quantitative estimate of drug-likeness (QED) is 0.160. The fraction of sp³-hybridized carbons (Fsp3) is 0. The molecule has 0 atom stereocenters. The second-order valence-electron chi connectivity index (χ2n) is 14.2. The van der Waals surface area contributed by atoms with Crippen molar-refractivity contribution in [2.24, 2.45) is 0 Å². The van der Waals surface area contributed by atoms with Crippen molar-refractivity contribution < 1.29 is 0 Å². The van der Waals surface area contributed by atoms with Crippen molar-refractivity contribution in [3.63, 3.8) is 0 Å². The number of fused-ring (bicyclic) bond motifs is 3. The van der Waals surface area contributed by atoms with Gasteiger partial charge >= 0.3 is 0 Å². The zero-order valence-corrected chi connectivity index (χ0v) is 30.3. The largest absolute Gasteiger partial charge is 0.309 e. The lowest BCUT2D eigenvalue weighted by Crippen LogP contribution is -2.12. The Labute approximate surface area is 322 Å². The first kappa shape index (κ1) is 32.4. The van der Waals surface area contributed by atoms with E-state index in [4.69, 9.17) is 0 Å². The van der Waals surface area contributed by atoms with Crippen molar-refractivity contribution >= 4 is 49.4 Å². The van der Waals surface area contributed by atoms with Crippen molar-refractivity contribution in [1.29, 1.82) is 0 Å². The number of rotatable bonds is 7. The predicted octanol–water partition coefficient (Wildman–Crippen LogP) is 15.3. The molecule has 0 unspecified atom stereocenters. The highest BCUT2D eigenvalue weighted by Gasteiger charge is 2.20. The van der Waals surface area contributed by atoms with E-state index in [-0.39, 0.29) is 0 Å². The normalized spacial score (nSPS) is 11.3. The molecule has 0 aliphatic rings. The minimum atomic E-state index is 1.10. The summed E-state index contributed by atoms with van der Waals surface area (Å²) in [5, 5.41) is 7.40. The molecule has 0 bridgehead atoms. The SMILES string of the molecule is c1ccc(-c2ccc(-c3ccc4ccccc4c3)cc2N(c2ccc(-c3cccc(-c4ccc5ccccc5c4)c3)cc2)c2cccc3ccccc23)cc1. The summed E-state index contributed by atoms with van der Waals surface area (Å²) in [5.74, 6) is 0. The summed E-state index contributed by atoms with van der Waals surface area (Å²) in [6.45, 7) is 0. The van der Waals surface area contributed by atoms with Gasteiger partial charge in [0.25, 0.3) is 0 Å². The Morgan fingerprint density at radius 1 is 0.236 bits per heavy atom. The summed E-state index contributed by atoms with van der Waals surface area (Å²) in [6, 6.07) is 81.6. The van der Waals surface area contributed by atoms with Gasteiger partial charge in [0.05, 0.1) is 11.4 Å². The third-order valence-corrected chi connectivity index (χ3v) is 10.8. The van der Waals surface area contributed by atoms with Crippen molar-refractivity contribution in [3.8, 4) is 44.5 Å². The second kappa shape index (κ2) is 14.0. The Bertz CT molecular complexity index is 2970. The van der Waals surface area contributed by atoms with Crippen LogP contribution in [-0.4, -0.2) is 0 Å². The number of benzene rings is 10. The van der Waals surface area contributed by atoms with Crippen molar-refractivity contribution in [3.05, 3.63) is 224 Å². The molecule has 0 saturated carbocycles. The molecule has 258 valence electrons. The molecule has 1 heteroatoms. The average molecular weight is 700 g/mol. The third kappa shape index (κ3) is 6.22. The van der Waals surface area contributed by atoms with E-state index in [2.05, 4.69) is 229 Å². The number of hydrogen-bond acceptors (Lipinski definition) is 1. The highest BCUT2D eigenvalue weighted by Crippen LogP contribution is 2.45. The molecule has 0 radical (unpaired) electrons. The third-order valence-electron chi connectivity index (χ3n) is 10.8. The molecule has 0 N–H and O–H groups in total. The van der Waals surface area contributed by atoms with Gasteiger partial charge in [-0.1, -0.05) is 182 Å². The van der Waals surface area contributed by atoms with Crippen LogP contribution in [0.1, 0.15) is 0 Å². The number of nitrogens with zero attached hydrogens (tertiary/aromatic N) is 1. The molecule has 0 fully saturated rings. The minimum absolute atomic E-state index is 1.10. The summed E-state index contributed by atoms with van der Waals surface area (Å²) >= 11 is 0. The average Bonchev–Trinajstić information content (AvgIpc) is 3.27. The molecule has 0 amide bonds. The topological polar surface area (TPSA) is 3.24 Å². The fourth-order valence-electron chi connectivity index (χ4n) is 7.99. The zero-order chi connectivity index (χ0) is 36.6. The Kier molecular flexibility index (Phi) is 8.24. The lowest BCUT2D eigenvalue weighted by Gasteiger charge is -2.30. The highest BCUT2D eigenvalue weighted by molar-refractivity contribution is 6.02. The van der Waals surface area contributed by atoms with Gasteiger partial charge in [0.15, 0.2) is 0 Å². The van der Waals surface area contributed by atoms with Gasteiger partial charge < -0.3 is 4.90 Å². The molecule has 0 heterocycles. The van der Waals surface area contributed by atoms with Crippen LogP contribution in [-0.2, 0) is 0 Å². The van der Waals surface area contributed by atoms with Crippen LogP contribution in [0.15, 0.2) is 224 Å². The van der Waals surface area contributed by atoms with E-state index in [0.29, 0.717) is 0 Å². The van der Waals surface area contributed by atoms with Crippen LogP contribution in [0.25, 0.3) is 76.8 Å². The van der Waals surface area contributed by atoms with Crippen LogP contribution < -0.4 is 4.90 Å². The van der Waals surface area contributed by atoms with Crippen LogP contribution in [0, 0.1) is 0 Å². The van der Waals surface area contributed by atoms with E-state index >= 15 is 0 Å². The van der Waals surface area contributed by atoms with Crippen LogP contribution in [0.3, 0.4) is 0 Å². The Morgan fingerprint density at radius 2 is 0.709 bits per heavy atom. The molecule has 10 aromatic rings. The van der Waals surface area contributed by atoms with E-state index < -0.39 is 0 Å². The molecule has 0 aliphatic carbocycles. The molecule has 0 spiro atoms. The summed E-state index contributed by atoms with van der Waals surface area (Å²) in [6.07, 6.45) is 0. The Hall–Kier alpha value is -7.22. The van der Waals surface area contributed by atoms with E-state index in [0.717, 1.165) is 17.1 Å². The van der Waals surface area contributed by atoms with Gasteiger partial charge in [-0.05, 0) is 108 Å². The Morgan fingerprint density at radius 3 is 1.40 bits per heavy atom. The molecule has 1 nitrogen and oxygen atoms in total. The van der Waals surface area contributed by atoms with Gasteiger partial charge in [0, 0.05) is 16.6 Å².